The normalized spacial score (nSPS) is 27.3. The van der Waals surface area contributed by atoms with Gasteiger partial charge < -0.3 is 10.2 Å². The molecule has 2 unspecified atom stereocenters. The zero-order chi connectivity index (χ0) is 17.2. The van der Waals surface area contributed by atoms with E-state index in [1.807, 2.05) is 12.1 Å². The van der Waals surface area contributed by atoms with Crippen LogP contribution in [0.25, 0.3) is 0 Å². The Labute approximate surface area is 149 Å². The number of aromatic hydroxyl groups is 1. The molecule has 3 heteroatoms. The lowest BCUT2D eigenvalue weighted by molar-refractivity contribution is 0.120. The highest BCUT2D eigenvalue weighted by Crippen LogP contribution is 2.43. The summed E-state index contributed by atoms with van der Waals surface area (Å²) < 4.78 is 0. The molecular formula is C22H27NO2. The van der Waals surface area contributed by atoms with Gasteiger partial charge in [-0.3, -0.25) is 4.90 Å². The van der Waals surface area contributed by atoms with Crippen molar-refractivity contribution in [2.75, 3.05) is 19.6 Å². The number of likely N-dealkylation sites (tertiary alicyclic amines) is 1. The molecule has 0 bridgehead atoms. The van der Waals surface area contributed by atoms with Gasteiger partial charge in [0.15, 0.2) is 0 Å². The van der Waals surface area contributed by atoms with Crippen molar-refractivity contribution < 1.29 is 10.2 Å². The summed E-state index contributed by atoms with van der Waals surface area (Å²) in [5.74, 6) is 2.65. The Balaban J connectivity index is 1.28. The first kappa shape index (κ1) is 16.6. The van der Waals surface area contributed by atoms with Crippen molar-refractivity contribution in [3.05, 3.63) is 65.7 Å². The summed E-state index contributed by atoms with van der Waals surface area (Å²) in [7, 11) is 0. The van der Waals surface area contributed by atoms with Crippen LogP contribution in [0.15, 0.2) is 54.6 Å². The number of phenols is 1. The van der Waals surface area contributed by atoms with Crippen molar-refractivity contribution in [1.82, 2.24) is 4.90 Å². The van der Waals surface area contributed by atoms with Crippen LogP contribution in [-0.2, 0) is 6.42 Å². The first-order chi connectivity index (χ1) is 12.2. The molecule has 0 radical (unpaired) electrons. The molecule has 0 spiro atoms. The second kappa shape index (κ2) is 7.19. The monoisotopic (exact) mass is 337 g/mol. The molecule has 2 N–H and O–H groups in total. The van der Waals surface area contributed by atoms with Gasteiger partial charge in [-0.1, -0.05) is 42.5 Å². The fourth-order valence-electron chi connectivity index (χ4n) is 4.83. The largest absolute Gasteiger partial charge is 0.508 e. The molecule has 1 aliphatic carbocycles. The van der Waals surface area contributed by atoms with Crippen molar-refractivity contribution >= 4 is 0 Å². The van der Waals surface area contributed by atoms with E-state index >= 15 is 0 Å². The first-order valence-corrected chi connectivity index (χ1v) is 9.40. The van der Waals surface area contributed by atoms with E-state index in [0.717, 1.165) is 36.4 Å². The Bertz CT molecular complexity index is 671. The maximum atomic E-state index is 10.5. The number of rotatable bonds is 5. The second-order valence-electron chi connectivity index (χ2n) is 7.87. The van der Waals surface area contributed by atoms with Crippen LogP contribution < -0.4 is 0 Å². The Morgan fingerprint density at radius 1 is 0.920 bits per heavy atom. The number of benzene rings is 2. The molecule has 0 amide bonds. The molecule has 3 nitrogen and oxygen atoms in total. The average Bonchev–Trinajstić information content (AvgIpc) is 3.14. The standard InChI is InChI=1S/C22H27NO2/c24-21-8-6-18(7-9-21)22(25)15-23-13-19-11-17(12-20(19)14-23)10-16-4-2-1-3-5-16/h1-9,17,19-20,22,24-25H,10-15H2/t17?,19-,20+,22?. The third-order valence-corrected chi connectivity index (χ3v) is 6.00. The van der Waals surface area contributed by atoms with Crippen molar-refractivity contribution in [3.63, 3.8) is 0 Å². The summed E-state index contributed by atoms with van der Waals surface area (Å²) in [4.78, 5) is 2.42. The van der Waals surface area contributed by atoms with E-state index in [1.165, 1.54) is 24.8 Å². The van der Waals surface area contributed by atoms with E-state index in [1.54, 1.807) is 12.1 Å². The molecule has 132 valence electrons. The fourth-order valence-corrected chi connectivity index (χ4v) is 4.83. The van der Waals surface area contributed by atoms with Crippen LogP contribution in [0.4, 0.5) is 0 Å². The number of phenolic OH excluding ortho intramolecular Hbond substituents is 1. The lowest BCUT2D eigenvalue weighted by atomic mass is 9.96. The molecule has 1 saturated heterocycles. The molecule has 4 atom stereocenters. The highest BCUT2D eigenvalue weighted by atomic mass is 16.3. The van der Waals surface area contributed by atoms with Gasteiger partial charge in [0.2, 0.25) is 0 Å². The SMILES string of the molecule is Oc1ccc(C(O)CN2C[C@H]3CC(Cc4ccccc4)C[C@H]3C2)cc1. The van der Waals surface area contributed by atoms with E-state index in [-0.39, 0.29) is 5.75 Å². The van der Waals surface area contributed by atoms with Gasteiger partial charge in [0.05, 0.1) is 6.10 Å². The van der Waals surface area contributed by atoms with Crippen LogP contribution in [0.5, 0.6) is 5.75 Å². The van der Waals surface area contributed by atoms with E-state index in [2.05, 4.69) is 35.2 Å². The topological polar surface area (TPSA) is 43.7 Å². The van der Waals surface area contributed by atoms with Gasteiger partial charge >= 0.3 is 0 Å². The molecule has 1 saturated carbocycles. The van der Waals surface area contributed by atoms with Crippen molar-refractivity contribution in [2.24, 2.45) is 17.8 Å². The molecule has 2 aliphatic rings. The molecule has 25 heavy (non-hydrogen) atoms. The predicted molar refractivity (Wildman–Crippen MR) is 99.4 cm³/mol. The van der Waals surface area contributed by atoms with Crippen molar-refractivity contribution in [3.8, 4) is 5.75 Å². The fraction of sp³-hybridized carbons (Fsp3) is 0.455. The van der Waals surface area contributed by atoms with Gasteiger partial charge in [0.1, 0.15) is 5.75 Å². The number of nitrogens with zero attached hydrogens (tertiary/aromatic N) is 1. The Morgan fingerprint density at radius 2 is 1.56 bits per heavy atom. The molecule has 0 aromatic heterocycles. The van der Waals surface area contributed by atoms with E-state index in [0.29, 0.717) is 6.54 Å². The van der Waals surface area contributed by atoms with Crippen LogP contribution >= 0.6 is 0 Å². The van der Waals surface area contributed by atoms with E-state index in [4.69, 9.17) is 0 Å². The smallest absolute Gasteiger partial charge is 0.115 e. The molecule has 2 fully saturated rings. The summed E-state index contributed by atoms with van der Waals surface area (Å²) in [6.07, 6.45) is 3.39. The maximum Gasteiger partial charge on any atom is 0.115 e. The summed E-state index contributed by atoms with van der Waals surface area (Å²) in [5, 5.41) is 19.8. The van der Waals surface area contributed by atoms with Gasteiger partial charge in [-0.05, 0) is 60.3 Å². The number of hydrogen-bond donors (Lipinski definition) is 2. The number of hydrogen-bond acceptors (Lipinski definition) is 3. The summed E-state index contributed by atoms with van der Waals surface area (Å²) in [6.45, 7) is 2.93. The van der Waals surface area contributed by atoms with Crippen LogP contribution in [0.3, 0.4) is 0 Å². The minimum absolute atomic E-state index is 0.246. The highest BCUT2D eigenvalue weighted by Gasteiger charge is 2.40. The van der Waals surface area contributed by atoms with Crippen LogP contribution in [0.2, 0.25) is 0 Å². The number of aliphatic hydroxyl groups excluding tert-OH is 1. The summed E-state index contributed by atoms with van der Waals surface area (Å²) in [6, 6.07) is 17.8. The molecule has 2 aromatic rings. The minimum atomic E-state index is -0.473. The first-order valence-electron chi connectivity index (χ1n) is 9.40. The summed E-state index contributed by atoms with van der Waals surface area (Å²) >= 11 is 0. The Kier molecular flexibility index (Phi) is 4.78. The molecule has 4 rings (SSSR count). The van der Waals surface area contributed by atoms with Gasteiger partial charge in [-0.15, -0.1) is 0 Å². The van der Waals surface area contributed by atoms with Crippen molar-refractivity contribution in [1.29, 1.82) is 0 Å². The van der Waals surface area contributed by atoms with Crippen LogP contribution in [0, 0.1) is 17.8 Å². The molecule has 1 aliphatic heterocycles. The zero-order valence-electron chi connectivity index (χ0n) is 14.6. The lowest BCUT2D eigenvalue weighted by Crippen LogP contribution is -2.28. The quantitative estimate of drug-likeness (QED) is 0.876. The third-order valence-electron chi connectivity index (χ3n) is 6.00. The molecular weight excluding hydrogens is 310 g/mol. The van der Waals surface area contributed by atoms with E-state index < -0.39 is 6.10 Å². The Hall–Kier alpha value is -1.84. The van der Waals surface area contributed by atoms with Gasteiger partial charge in [-0.2, -0.15) is 0 Å². The van der Waals surface area contributed by atoms with Gasteiger partial charge in [-0.25, -0.2) is 0 Å². The number of β-amino-alcohol motifs (C(OH)–C–C–N with tert-alkyl or cyclic N) is 1. The maximum absolute atomic E-state index is 10.5. The highest BCUT2D eigenvalue weighted by molar-refractivity contribution is 5.27. The predicted octanol–water partition coefficient (Wildman–Crippen LogP) is 3.63. The second-order valence-corrected chi connectivity index (χ2v) is 7.87. The molecule has 1 heterocycles. The lowest BCUT2D eigenvalue weighted by Gasteiger charge is -2.22. The number of aliphatic hydroxyl groups is 1. The zero-order valence-corrected chi connectivity index (χ0v) is 14.6. The van der Waals surface area contributed by atoms with Crippen LogP contribution in [-0.4, -0.2) is 34.7 Å². The number of fused-ring (bicyclic) bond motifs is 1. The van der Waals surface area contributed by atoms with Crippen LogP contribution in [0.1, 0.15) is 30.1 Å². The molecule has 2 aromatic carbocycles. The van der Waals surface area contributed by atoms with Gasteiger partial charge in [0.25, 0.3) is 0 Å². The average molecular weight is 337 g/mol. The minimum Gasteiger partial charge on any atom is -0.508 e. The third kappa shape index (κ3) is 3.88. The van der Waals surface area contributed by atoms with Crippen molar-refractivity contribution in [2.45, 2.75) is 25.4 Å². The Morgan fingerprint density at radius 3 is 2.20 bits per heavy atom. The summed E-state index contributed by atoms with van der Waals surface area (Å²) in [5.41, 5.74) is 2.35. The van der Waals surface area contributed by atoms with Gasteiger partial charge in [0, 0.05) is 19.6 Å². The van der Waals surface area contributed by atoms with E-state index in [9.17, 15) is 10.2 Å².